The lowest BCUT2D eigenvalue weighted by Gasteiger charge is -2.27. The van der Waals surface area contributed by atoms with Crippen LogP contribution in [-0.4, -0.2) is 29.8 Å². The normalized spacial score (nSPS) is 15.6. The Morgan fingerprint density at radius 3 is 3.00 bits per heavy atom. The van der Waals surface area contributed by atoms with E-state index in [1.165, 1.54) is 5.69 Å². The van der Waals surface area contributed by atoms with Crippen molar-refractivity contribution >= 4 is 0 Å². The van der Waals surface area contributed by atoms with Crippen molar-refractivity contribution in [3.05, 3.63) is 42.5 Å². The van der Waals surface area contributed by atoms with Crippen molar-refractivity contribution in [2.45, 2.75) is 5.92 Å². The van der Waals surface area contributed by atoms with Crippen LogP contribution in [0.15, 0.2) is 36.8 Å². The molecular formula is C13H15N3O. The van der Waals surface area contributed by atoms with Crippen LogP contribution in [0.1, 0.15) is 11.6 Å². The summed E-state index contributed by atoms with van der Waals surface area (Å²) < 4.78 is 7.38. The second-order valence-electron chi connectivity index (χ2n) is 4.25. The average molecular weight is 229 g/mol. The van der Waals surface area contributed by atoms with Gasteiger partial charge in [-0.15, -0.1) is 0 Å². The maximum absolute atomic E-state index is 5.25. The zero-order valence-corrected chi connectivity index (χ0v) is 9.76. The Bertz CT molecular complexity index is 517. The number of hydrogen-bond acceptors (Lipinski definition) is 3. The summed E-state index contributed by atoms with van der Waals surface area (Å²) in [6.07, 6.45) is 3.81. The minimum absolute atomic E-state index is 0.573. The first kappa shape index (κ1) is 10.4. The van der Waals surface area contributed by atoms with E-state index >= 15 is 0 Å². The van der Waals surface area contributed by atoms with E-state index in [0.29, 0.717) is 5.92 Å². The Balaban J connectivity index is 1.99. The number of benzene rings is 1. The fraction of sp³-hybridized carbons (Fsp3) is 0.308. The number of nitrogens with zero attached hydrogens (tertiary/aromatic N) is 2. The first-order chi connectivity index (χ1) is 8.38. The highest BCUT2D eigenvalue weighted by Crippen LogP contribution is 2.24. The van der Waals surface area contributed by atoms with Gasteiger partial charge >= 0.3 is 0 Å². The van der Waals surface area contributed by atoms with E-state index in [9.17, 15) is 0 Å². The van der Waals surface area contributed by atoms with Gasteiger partial charge in [0.2, 0.25) is 0 Å². The Hall–Kier alpha value is -1.81. The van der Waals surface area contributed by atoms with Gasteiger partial charge < -0.3 is 14.6 Å². The monoisotopic (exact) mass is 229 g/mol. The zero-order chi connectivity index (χ0) is 11.7. The largest absolute Gasteiger partial charge is 0.497 e. The Morgan fingerprint density at radius 1 is 1.41 bits per heavy atom. The lowest BCUT2D eigenvalue weighted by molar-refractivity contribution is 0.414. The maximum atomic E-state index is 5.25. The second-order valence-corrected chi connectivity index (χ2v) is 4.25. The third kappa shape index (κ3) is 1.80. The van der Waals surface area contributed by atoms with E-state index in [1.54, 1.807) is 7.11 Å². The van der Waals surface area contributed by atoms with Gasteiger partial charge in [0.05, 0.1) is 19.1 Å². The topological polar surface area (TPSA) is 39.1 Å². The number of aromatic nitrogens is 2. The van der Waals surface area contributed by atoms with Crippen molar-refractivity contribution in [2.75, 3.05) is 20.2 Å². The van der Waals surface area contributed by atoms with E-state index in [0.717, 1.165) is 24.5 Å². The van der Waals surface area contributed by atoms with Crippen LogP contribution in [0.4, 0.5) is 0 Å². The molecule has 2 aromatic rings. The van der Waals surface area contributed by atoms with Crippen molar-refractivity contribution in [3.63, 3.8) is 0 Å². The number of methoxy groups -OCH3 is 1. The Kier molecular flexibility index (Phi) is 2.57. The van der Waals surface area contributed by atoms with Crippen LogP contribution in [0.2, 0.25) is 0 Å². The smallest absolute Gasteiger partial charge is 0.120 e. The predicted octanol–water partition coefficient (Wildman–Crippen LogP) is 1.57. The lowest BCUT2D eigenvalue weighted by Crippen LogP contribution is -2.40. The lowest BCUT2D eigenvalue weighted by atomic mass is 10.00. The zero-order valence-electron chi connectivity index (χ0n) is 9.76. The molecule has 0 atom stereocenters. The third-order valence-corrected chi connectivity index (χ3v) is 3.20. The molecule has 1 N–H and O–H groups in total. The van der Waals surface area contributed by atoms with Gasteiger partial charge in [-0.2, -0.15) is 0 Å². The summed E-state index contributed by atoms with van der Waals surface area (Å²) in [5, 5.41) is 3.28. The molecule has 0 bridgehead atoms. The molecule has 0 aliphatic carbocycles. The van der Waals surface area contributed by atoms with E-state index in [2.05, 4.69) is 20.9 Å². The summed E-state index contributed by atoms with van der Waals surface area (Å²) in [5.74, 6) is 1.44. The minimum Gasteiger partial charge on any atom is -0.497 e. The molecule has 1 aromatic heterocycles. The van der Waals surface area contributed by atoms with Gasteiger partial charge in [0, 0.05) is 37.0 Å². The molecule has 0 radical (unpaired) electrons. The highest BCUT2D eigenvalue weighted by atomic mass is 16.5. The number of rotatable bonds is 3. The fourth-order valence-corrected chi connectivity index (χ4v) is 2.08. The molecule has 3 rings (SSSR count). The molecule has 0 spiro atoms. The number of ether oxygens (including phenoxy) is 1. The molecule has 1 fully saturated rings. The van der Waals surface area contributed by atoms with Gasteiger partial charge in [-0.3, -0.25) is 0 Å². The molecule has 17 heavy (non-hydrogen) atoms. The SMILES string of the molecule is COc1cccc(-n2cncc2C2CNC2)c1. The van der Waals surface area contributed by atoms with Crippen LogP contribution in [0.5, 0.6) is 5.75 Å². The first-order valence-electron chi connectivity index (χ1n) is 5.76. The number of hydrogen-bond donors (Lipinski definition) is 1. The van der Waals surface area contributed by atoms with Crippen molar-refractivity contribution in [2.24, 2.45) is 0 Å². The summed E-state index contributed by atoms with van der Waals surface area (Å²) in [6.45, 7) is 2.07. The van der Waals surface area contributed by atoms with E-state index in [-0.39, 0.29) is 0 Å². The van der Waals surface area contributed by atoms with Gasteiger partial charge in [-0.25, -0.2) is 4.98 Å². The van der Waals surface area contributed by atoms with Gasteiger partial charge in [0.15, 0.2) is 0 Å². The highest BCUT2D eigenvalue weighted by molar-refractivity contribution is 5.41. The van der Waals surface area contributed by atoms with Gasteiger partial charge in [-0.05, 0) is 12.1 Å². The van der Waals surface area contributed by atoms with E-state index in [4.69, 9.17) is 4.74 Å². The summed E-state index contributed by atoms with van der Waals surface area (Å²) in [7, 11) is 1.68. The van der Waals surface area contributed by atoms with Crippen LogP contribution in [0, 0.1) is 0 Å². The average Bonchev–Trinajstić information content (AvgIpc) is 2.76. The van der Waals surface area contributed by atoms with Crippen molar-refractivity contribution in [3.8, 4) is 11.4 Å². The molecule has 1 aromatic carbocycles. The maximum Gasteiger partial charge on any atom is 0.120 e. The number of nitrogens with one attached hydrogen (secondary N) is 1. The van der Waals surface area contributed by atoms with Crippen molar-refractivity contribution < 1.29 is 4.74 Å². The summed E-state index contributed by atoms with van der Waals surface area (Å²) in [4.78, 5) is 4.25. The van der Waals surface area contributed by atoms with Gasteiger partial charge in [-0.1, -0.05) is 6.07 Å². The van der Waals surface area contributed by atoms with Crippen molar-refractivity contribution in [1.82, 2.24) is 14.9 Å². The van der Waals surface area contributed by atoms with Gasteiger partial charge in [0.1, 0.15) is 5.75 Å². The van der Waals surface area contributed by atoms with Crippen LogP contribution >= 0.6 is 0 Å². The Labute approximate surface area is 100 Å². The standard InChI is InChI=1S/C13H15N3O/c1-17-12-4-2-3-11(5-12)16-9-15-8-13(16)10-6-14-7-10/h2-5,8-10,14H,6-7H2,1H3. The summed E-state index contributed by atoms with van der Waals surface area (Å²) >= 11 is 0. The quantitative estimate of drug-likeness (QED) is 0.868. The Morgan fingerprint density at radius 2 is 2.29 bits per heavy atom. The molecule has 0 amide bonds. The molecule has 4 heteroatoms. The molecule has 4 nitrogen and oxygen atoms in total. The van der Waals surface area contributed by atoms with Crippen molar-refractivity contribution in [1.29, 1.82) is 0 Å². The van der Waals surface area contributed by atoms with Crippen LogP contribution in [0.3, 0.4) is 0 Å². The van der Waals surface area contributed by atoms with Crippen LogP contribution < -0.4 is 10.1 Å². The molecular weight excluding hydrogens is 214 g/mol. The molecule has 1 saturated heterocycles. The second kappa shape index (κ2) is 4.22. The minimum atomic E-state index is 0.573. The highest BCUT2D eigenvalue weighted by Gasteiger charge is 2.22. The predicted molar refractivity (Wildman–Crippen MR) is 65.7 cm³/mol. The fourth-order valence-electron chi connectivity index (χ4n) is 2.08. The van der Waals surface area contributed by atoms with Gasteiger partial charge in [0.25, 0.3) is 0 Å². The third-order valence-electron chi connectivity index (χ3n) is 3.20. The first-order valence-corrected chi connectivity index (χ1v) is 5.76. The molecule has 0 unspecified atom stereocenters. The molecule has 1 aliphatic rings. The van der Waals surface area contributed by atoms with Crippen LogP contribution in [-0.2, 0) is 0 Å². The summed E-state index contributed by atoms with van der Waals surface area (Å²) in [6, 6.07) is 8.04. The molecule has 0 saturated carbocycles. The van der Waals surface area contributed by atoms with E-state index < -0.39 is 0 Å². The van der Waals surface area contributed by atoms with Crippen LogP contribution in [0.25, 0.3) is 5.69 Å². The van der Waals surface area contributed by atoms with E-state index in [1.807, 2.05) is 30.7 Å². The number of imidazole rings is 1. The molecule has 1 aliphatic heterocycles. The molecule has 2 heterocycles. The molecule has 88 valence electrons. The summed E-state index contributed by atoms with van der Waals surface area (Å²) in [5.41, 5.74) is 2.36.